The van der Waals surface area contributed by atoms with E-state index in [9.17, 15) is 14.0 Å². The SMILES string of the molecule is O=C(Nc1ccc2n[nH]nc2c1)c1csc(C2CCN(C(=O)c3c(F)cccc3Cl)CC2)n1. The first-order chi connectivity index (χ1) is 16.0. The van der Waals surface area contributed by atoms with Crippen molar-refractivity contribution < 1.29 is 14.0 Å². The van der Waals surface area contributed by atoms with Crippen LogP contribution in [0.15, 0.2) is 41.8 Å². The molecule has 0 atom stereocenters. The number of aromatic amines is 1. The average Bonchev–Trinajstić information content (AvgIpc) is 3.49. The van der Waals surface area contributed by atoms with Crippen LogP contribution in [0.3, 0.4) is 0 Å². The standard InChI is InChI=1S/C22H18ClFN6O2S/c23-14-2-1-3-15(24)19(14)22(32)30-8-6-12(7-9-30)21-26-18(11-33-21)20(31)25-13-4-5-16-17(10-13)28-29-27-16/h1-5,10-12H,6-9H2,(H,25,31)(H,27,28,29). The minimum Gasteiger partial charge on any atom is -0.338 e. The number of nitrogens with zero attached hydrogens (tertiary/aromatic N) is 4. The molecule has 0 spiro atoms. The third kappa shape index (κ3) is 4.31. The van der Waals surface area contributed by atoms with E-state index in [1.807, 2.05) is 0 Å². The molecule has 1 saturated heterocycles. The second kappa shape index (κ2) is 8.87. The summed E-state index contributed by atoms with van der Waals surface area (Å²) in [5, 5.41) is 16.1. The van der Waals surface area contributed by atoms with Crippen LogP contribution >= 0.6 is 22.9 Å². The predicted octanol–water partition coefficient (Wildman–Crippen LogP) is 4.48. The second-order valence-corrected chi connectivity index (χ2v) is 9.01. The zero-order valence-electron chi connectivity index (χ0n) is 17.2. The summed E-state index contributed by atoms with van der Waals surface area (Å²) in [6.07, 6.45) is 1.35. The number of aromatic nitrogens is 4. The number of piperidine rings is 1. The predicted molar refractivity (Wildman–Crippen MR) is 123 cm³/mol. The van der Waals surface area contributed by atoms with Gasteiger partial charge >= 0.3 is 0 Å². The average molecular weight is 485 g/mol. The number of nitrogens with one attached hydrogen (secondary N) is 2. The molecule has 0 bridgehead atoms. The van der Waals surface area contributed by atoms with Crippen LogP contribution in [0.5, 0.6) is 0 Å². The van der Waals surface area contributed by atoms with Crippen LogP contribution in [0, 0.1) is 5.82 Å². The molecule has 5 rings (SSSR count). The van der Waals surface area contributed by atoms with Crippen LogP contribution < -0.4 is 5.32 Å². The Labute approximate surface area is 196 Å². The first-order valence-corrected chi connectivity index (χ1v) is 11.6. The first-order valence-electron chi connectivity index (χ1n) is 10.3. The Hall–Kier alpha value is -3.37. The number of carbonyl (C=O) groups excluding carboxylic acids is 2. The minimum absolute atomic E-state index is 0.0883. The number of benzene rings is 2. The summed E-state index contributed by atoms with van der Waals surface area (Å²) in [4.78, 5) is 31.5. The molecule has 3 heterocycles. The van der Waals surface area contributed by atoms with Gasteiger partial charge < -0.3 is 10.2 Å². The van der Waals surface area contributed by atoms with Crippen molar-refractivity contribution in [1.82, 2.24) is 25.3 Å². The molecule has 1 aliphatic rings. The summed E-state index contributed by atoms with van der Waals surface area (Å²) >= 11 is 7.47. The summed E-state index contributed by atoms with van der Waals surface area (Å²) in [6.45, 7) is 0.931. The van der Waals surface area contributed by atoms with Crippen LogP contribution in [0.1, 0.15) is 44.6 Å². The highest BCUT2D eigenvalue weighted by atomic mass is 35.5. The lowest BCUT2D eigenvalue weighted by Gasteiger charge is -2.31. The largest absolute Gasteiger partial charge is 0.338 e. The third-order valence-electron chi connectivity index (χ3n) is 5.64. The molecule has 0 radical (unpaired) electrons. The van der Waals surface area contributed by atoms with Gasteiger partial charge in [0.05, 0.1) is 15.6 Å². The molecule has 1 aliphatic heterocycles. The molecule has 33 heavy (non-hydrogen) atoms. The van der Waals surface area contributed by atoms with Gasteiger partial charge in [-0.2, -0.15) is 15.4 Å². The van der Waals surface area contributed by atoms with Gasteiger partial charge in [-0.3, -0.25) is 9.59 Å². The van der Waals surface area contributed by atoms with E-state index in [1.54, 1.807) is 28.5 Å². The Morgan fingerprint density at radius 3 is 2.73 bits per heavy atom. The molecule has 2 N–H and O–H groups in total. The van der Waals surface area contributed by atoms with E-state index in [4.69, 9.17) is 11.6 Å². The zero-order chi connectivity index (χ0) is 22.9. The number of likely N-dealkylation sites (tertiary alicyclic amines) is 1. The van der Waals surface area contributed by atoms with Gasteiger partial charge in [-0.05, 0) is 43.2 Å². The smallest absolute Gasteiger partial charge is 0.275 e. The summed E-state index contributed by atoms with van der Waals surface area (Å²) in [5.74, 6) is -1.20. The number of carbonyl (C=O) groups is 2. The van der Waals surface area contributed by atoms with E-state index in [0.717, 1.165) is 5.01 Å². The van der Waals surface area contributed by atoms with E-state index in [-0.39, 0.29) is 22.4 Å². The van der Waals surface area contributed by atoms with Crippen molar-refractivity contribution >= 4 is 51.5 Å². The summed E-state index contributed by atoms with van der Waals surface area (Å²) in [6, 6.07) is 9.48. The summed E-state index contributed by atoms with van der Waals surface area (Å²) in [7, 11) is 0. The quantitative estimate of drug-likeness (QED) is 0.444. The van der Waals surface area contributed by atoms with E-state index >= 15 is 0 Å². The molecule has 11 heteroatoms. The molecule has 1 fully saturated rings. The zero-order valence-corrected chi connectivity index (χ0v) is 18.8. The van der Waals surface area contributed by atoms with Gasteiger partial charge in [0.1, 0.15) is 22.5 Å². The Bertz CT molecular complexity index is 1330. The van der Waals surface area contributed by atoms with E-state index in [0.29, 0.717) is 48.3 Å². The number of rotatable bonds is 4. The van der Waals surface area contributed by atoms with Crippen LogP contribution in [0.25, 0.3) is 11.0 Å². The van der Waals surface area contributed by atoms with E-state index < -0.39 is 11.7 Å². The monoisotopic (exact) mass is 484 g/mol. The lowest BCUT2D eigenvalue weighted by molar-refractivity contribution is 0.0708. The number of hydrogen-bond donors (Lipinski definition) is 2. The Kier molecular flexibility index (Phi) is 5.77. The number of fused-ring (bicyclic) bond motifs is 1. The second-order valence-electron chi connectivity index (χ2n) is 7.72. The molecular weight excluding hydrogens is 467 g/mol. The van der Waals surface area contributed by atoms with Crippen LogP contribution in [0.4, 0.5) is 10.1 Å². The number of amides is 2. The Morgan fingerprint density at radius 2 is 1.94 bits per heavy atom. The maximum Gasteiger partial charge on any atom is 0.275 e. The highest BCUT2D eigenvalue weighted by molar-refractivity contribution is 7.10. The van der Waals surface area contributed by atoms with Gasteiger partial charge in [-0.1, -0.05) is 17.7 Å². The van der Waals surface area contributed by atoms with Crippen LogP contribution in [0.2, 0.25) is 5.02 Å². The lowest BCUT2D eigenvalue weighted by Crippen LogP contribution is -2.38. The van der Waals surface area contributed by atoms with Gasteiger partial charge in [-0.25, -0.2) is 9.37 Å². The van der Waals surface area contributed by atoms with Crippen molar-refractivity contribution in [1.29, 1.82) is 0 Å². The van der Waals surface area contributed by atoms with E-state index in [2.05, 4.69) is 25.7 Å². The number of thiazole rings is 1. The summed E-state index contributed by atoms with van der Waals surface area (Å²) < 4.78 is 14.1. The molecule has 0 saturated carbocycles. The Balaban J connectivity index is 1.22. The number of H-pyrrole nitrogens is 1. The van der Waals surface area contributed by atoms with Crippen molar-refractivity contribution in [3.05, 3.63) is 68.9 Å². The third-order valence-corrected chi connectivity index (χ3v) is 6.96. The van der Waals surface area contributed by atoms with Crippen molar-refractivity contribution in [2.75, 3.05) is 18.4 Å². The molecule has 8 nitrogen and oxygen atoms in total. The van der Waals surface area contributed by atoms with Crippen molar-refractivity contribution in [3.8, 4) is 0 Å². The number of hydrogen-bond acceptors (Lipinski definition) is 6. The van der Waals surface area contributed by atoms with Gasteiger partial charge in [0.25, 0.3) is 11.8 Å². The molecular formula is C22H18ClFN6O2S. The van der Waals surface area contributed by atoms with Gasteiger partial charge in [-0.15, -0.1) is 11.3 Å². The maximum absolute atomic E-state index is 14.1. The van der Waals surface area contributed by atoms with Gasteiger partial charge in [0.2, 0.25) is 0 Å². The summed E-state index contributed by atoms with van der Waals surface area (Å²) in [5.41, 5.74) is 2.23. The highest BCUT2D eigenvalue weighted by Gasteiger charge is 2.29. The molecule has 168 valence electrons. The maximum atomic E-state index is 14.1. The van der Waals surface area contributed by atoms with Gasteiger partial charge in [0.15, 0.2) is 0 Å². The van der Waals surface area contributed by atoms with E-state index in [1.165, 1.54) is 29.5 Å². The van der Waals surface area contributed by atoms with Crippen LogP contribution in [-0.4, -0.2) is 50.2 Å². The Morgan fingerprint density at radius 1 is 1.15 bits per heavy atom. The molecule has 2 amide bonds. The lowest BCUT2D eigenvalue weighted by atomic mass is 9.97. The molecule has 2 aromatic heterocycles. The first kappa shape index (κ1) is 21.5. The molecule has 0 aliphatic carbocycles. The normalized spacial score (nSPS) is 14.5. The fourth-order valence-corrected chi connectivity index (χ4v) is 5.10. The van der Waals surface area contributed by atoms with Gasteiger partial charge in [0, 0.05) is 30.1 Å². The molecule has 0 unspecified atom stereocenters. The minimum atomic E-state index is -0.618. The van der Waals surface area contributed by atoms with Crippen LogP contribution in [-0.2, 0) is 0 Å². The van der Waals surface area contributed by atoms with Crippen molar-refractivity contribution in [2.24, 2.45) is 0 Å². The number of halogens is 2. The topological polar surface area (TPSA) is 104 Å². The van der Waals surface area contributed by atoms with Crippen molar-refractivity contribution in [3.63, 3.8) is 0 Å². The number of anilines is 1. The highest BCUT2D eigenvalue weighted by Crippen LogP contribution is 2.32. The van der Waals surface area contributed by atoms with Crippen molar-refractivity contribution in [2.45, 2.75) is 18.8 Å². The molecule has 2 aromatic carbocycles. The fraction of sp³-hybridized carbons (Fsp3) is 0.227. The fourth-order valence-electron chi connectivity index (χ4n) is 3.88. The molecule has 4 aromatic rings.